The van der Waals surface area contributed by atoms with Gasteiger partial charge in [-0.25, -0.2) is 8.78 Å². The van der Waals surface area contributed by atoms with Gasteiger partial charge in [-0.2, -0.15) is 0 Å². The smallest absolute Gasteiger partial charge is 0.234 e. The van der Waals surface area contributed by atoms with Crippen molar-refractivity contribution in [1.29, 1.82) is 0 Å². The van der Waals surface area contributed by atoms with E-state index in [1.54, 1.807) is 6.07 Å². The van der Waals surface area contributed by atoms with Gasteiger partial charge in [0.05, 0.1) is 11.7 Å². The number of piperidine rings is 1. The zero-order chi connectivity index (χ0) is 21.8. The largest absolute Gasteiger partial charge is 0.354 e. The highest BCUT2D eigenvalue weighted by Crippen LogP contribution is 2.25. The molecule has 0 spiro atoms. The number of halogens is 2. The number of hydrogen-bond donors (Lipinski definition) is 2. The van der Waals surface area contributed by atoms with Crippen LogP contribution in [-0.4, -0.2) is 46.9 Å². The van der Waals surface area contributed by atoms with Crippen molar-refractivity contribution in [2.75, 3.05) is 29.1 Å². The molecule has 1 aromatic heterocycles. The third-order valence-electron chi connectivity index (χ3n) is 5.24. The molecular formula is C21H23F2N5O2S. The number of anilines is 2. The van der Waals surface area contributed by atoms with Crippen LogP contribution in [0.5, 0.6) is 0 Å². The van der Waals surface area contributed by atoms with E-state index in [1.165, 1.54) is 6.07 Å². The molecule has 1 saturated heterocycles. The average molecular weight is 448 g/mol. The molecule has 2 aliphatic rings. The van der Waals surface area contributed by atoms with E-state index in [2.05, 4.69) is 25.7 Å². The highest BCUT2D eigenvalue weighted by atomic mass is 32.2. The molecule has 1 aliphatic carbocycles. The van der Waals surface area contributed by atoms with Crippen LogP contribution in [0.15, 0.2) is 35.4 Å². The highest BCUT2D eigenvalue weighted by molar-refractivity contribution is 7.99. The van der Waals surface area contributed by atoms with Crippen molar-refractivity contribution in [2.24, 2.45) is 5.92 Å². The van der Waals surface area contributed by atoms with E-state index in [-0.39, 0.29) is 17.6 Å². The molecule has 164 valence electrons. The zero-order valence-corrected chi connectivity index (χ0v) is 17.6. The maximum atomic E-state index is 13.6. The predicted octanol–water partition coefficient (Wildman–Crippen LogP) is 2.98. The second-order valence-electron chi connectivity index (χ2n) is 7.73. The number of nitrogens with zero attached hydrogens (tertiary/aromatic N) is 3. The lowest BCUT2D eigenvalue weighted by Gasteiger charge is -2.32. The first kappa shape index (κ1) is 21.5. The minimum atomic E-state index is -0.826. The van der Waals surface area contributed by atoms with Crippen molar-refractivity contribution < 1.29 is 18.4 Å². The number of nitrogens with one attached hydrogen (secondary N) is 2. The van der Waals surface area contributed by atoms with E-state index in [4.69, 9.17) is 0 Å². The van der Waals surface area contributed by atoms with Gasteiger partial charge in [0, 0.05) is 19.1 Å². The lowest BCUT2D eigenvalue weighted by atomic mass is 9.97. The van der Waals surface area contributed by atoms with Crippen LogP contribution in [0.1, 0.15) is 25.7 Å². The van der Waals surface area contributed by atoms with Crippen LogP contribution in [0.2, 0.25) is 0 Å². The van der Waals surface area contributed by atoms with Crippen LogP contribution in [-0.2, 0) is 9.59 Å². The number of rotatable bonds is 7. The van der Waals surface area contributed by atoms with Gasteiger partial charge in [0.2, 0.25) is 11.8 Å². The summed E-state index contributed by atoms with van der Waals surface area (Å²) in [6.45, 7) is 1.42. The van der Waals surface area contributed by atoms with E-state index in [0.717, 1.165) is 56.1 Å². The van der Waals surface area contributed by atoms with E-state index in [1.807, 2.05) is 6.07 Å². The van der Waals surface area contributed by atoms with Crippen molar-refractivity contribution in [1.82, 2.24) is 15.5 Å². The predicted molar refractivity (Wildman–Crippen MR) is 114 cm³/mol. The Morgan fingerprint density at radius 2 is 1.87 bits per heavy atom. The molecule has 2 heterocycles. The Labute approximate surface area is 183 Å². The van der Waals surface area contributed by atoms with Gasteiger partial charge in [0.25, 0.3) is 0 Å². The van der Waals surface area contributed by atoms with E-state index >= 15 is 0 Å². The molecule has 4 rings (SSSR count). The summed E-state index contributed by atoms with van der Waals surface area (Å²) in [7, 11) is 0. The second-order valence-corrected chi connectivity index (χ2v) is 8.73. The number of carbonyl (C=O) groups is 2. The summed E-state index contributed by atoms with van der Waals surface area (Å²) in [5, 5.41) is 14.2. The molecule has 1 unspecified atom stereocenters. The summed E-state index contributed by atoms with van der Waals surface area (Å²) >= 11 is 1.12. The number of hydrogen-bond acceptors (Lipinski definition) is 6. The number of para-hydroxylation sites is 1. The van der Waals surface area contributed by atoms with Gasteiger partial charge in [0.1, 0.15) is 22.3 Å². The maximum absolute atomic E-state index is 13.6. The third kappa shape index (κ3) is 5.69. The van der Waals surface area contributed by atoms with Crippen LogP contribution in [0.3, 0.4) is 0 Å². The molecule has 2 fully saturated rings. The Bertz CT molecular complexity index is 935. The van der Waals surface area contributed by atoms with Crippen LogP contribution in [0.25, 0.3) is 0 Å². The second kappa shape index (κ2) is 9.59. The summed E-state index contributed by atoms with van der Waals surface area (Å²) in [6.07, 6.45) is 3.92. The monoisotopic (exact) mass is 447 g/mol. The van der Waals surface area contributed by atoms with Crippen molar-refractivity contribution >= 4 is 35.1 Å². The molecule has 1 aromatic carbocycles. The molecule has 2 aromatic rings. The Hall–Kier alpha value is -2.75. The van der Waals surface area contributed by atoms with Crippen molar-refractivity contribution in [3.63, 3.8) is 0 Å². The Morgan fingerprint density at radius 1 is 1.10 bits per heavy atom. The molecule has 0 bridgehead atoms. The Kier molecular flexibility index (Phi) is 6.64. The summed E-state index contributed by atoms with van der Waals surface area (Å²) in [5.41, 5.74) is -0.458. The normalized spacial score (nSPS) is 18.5. The zero-order valence-electron chi connectivity index (χ0n) is 16.8. The van der Waals surface area contributed by atoms with E-state index < -0.39 is 23.2 Å². The molecule has 2 N–H and O–H groups in total. The quantitative estimate of drug-likeness (QED) is 0.635. The van der Waals surface area contributed by atoms with Crippen molar-refractivity contribution in [2.45, 2.75) is 36.8 Å². The Morgan fingerprint density at radius 3 is 2.55 bits per heavy atom. The van der Waals surface area contributed by atoms with Gasteiger partial charge in [-0.05, 0) is 49.9 Å². The molecule has 31 heavy (non-hydrogen) atoms. The third-order valence-corrected chi connectivity index (χ3v) is 6.16. The number of thioether (sulfide) groups is 1. The van der Waals surface area contributed by atoms with Crippen molar-refractivity contribution in [3.05, 3.63) is 42.0 Å². The molecular weight excluding hydrogens is 424 g/mol. The SMILES string of the molecule is O=C(CSc1ccc(N2CCCC(C(=O)NC3CC3)C2)nn1)Nc1c(F)cccc1F. The van der Waals surface area contributed by atoms with E-state index in [0.29, 0.717) is 23.4 Å². The van der Waals surface area contributed by atoms with Crippen LogP contribution < -0.4 is 15.5 Å². The number of amides is 2. The molecule has 2 amide bonds. The van der Waals surface area contributed by atoms with Crippen LogP contribution in [0, 0.1) is 17.6 Å². The standard InChI is InChI=1S/C21H23F2N5O2S/c22-15-4-1-5-16(23)20(15)25-18(29)12-31-19-9-8-17(26-27-19)28-10-2-3-13(11-28)21(30)24-14-6-7-14/h1,4-5,8-9,13-14H,2-3,6-7,10-12H2,(H,24,30)(H,25,29). The van der Waals surface area contributed by atoms with Gasteiger partial charge in [-0.15, -0.1) is 10.2 Å². The molecule has 1 aliphatic heterocycles. The summed E-state index contributed by atoms with van der Waals surface area (Å²) in [4.78, 5) is 26.4. The van der Waals surface area contributed by atoms with Crippen LogP contribution in [0.4, 0.5) is 20.3 Å². The minimum absolute atomic E-state index is 0.0484. The molecule has 1 saturated carbocycles. The Balaban J connectivity index is 1.28. The highest BCUT2D eigenvalue weighted by Gasteiger charge is 2.31. The fourth-order valence-electron chi connectivity index (χ4n) is 3.44. The summed E-state index contributed by atoms with van der Waals surface area (Å²) in [6, 6.07) is 7.30. The number of carbonyl (C=O) groups excluding carboxylic acids is 2. The summed E-state index contributed by atoms with van der Waals surface area (Å²) in [5.74, 6) is -1.50. The fourth-order valence-corrected chi connectivity index (χ4v) is 4.05. The van der Waals surface area contributed by atoms with Gasteiger partial charge < -0.3 is 15.5 Å². The lowest BCUT2D eigenvalue weighted by Crippen LogP contribution is -2.44. The molecule has 10 heteroatoms. The van der Waals surface area contributed by atoms with E-state index in [9.17, 15) is 18.4 Å². The maximum Gasteiger partial charge on any atom is 0.234 e. The summed E-state index contributed by atoms with van der Waals surface area (Å²) < 4.78 is 27.2. The molecule has 1 atom stereocenters. The van der Waals surface area contributed by atoms with Gasteiger partial charge in [-0.1, -0.05) is 17.8 Å². The first-order valence-electron chi connectivity index (χ1n) is 10.3. The first-order valence-corrected chi connectivity index (χ1v) is 11.2. The van der Waals surface area contributed by atoms with Gasteiger partial charge >= 0.3 is 0 Å². The average Bonchev–Trinajstić information content (AvgIpc) is 3.59. The number of aromatic nitrogens is 2. The molecule has 0 radical (unpaired) electrons. The minimum Gasteiger partial charge on any atom is -0.354 e. The fraction of sp³-hybridized carbons (Fsp3) is 0.429. The lowest BCUT2D eigenvalue weighted by molar-refractivity contribution is -0.125. The first-order chi connectivity index (χ1) is 15.0. The van der Waals surface area contributed by atoms with Gasteiger partial charge in [-0.3, -0.25) is 9.59 Å². The van der Waals surface area contributed by atoms with Gasteiger partial charge in [0.15, 0.2) is 5.82 Å². The van der Waals surface area contributed by atoms with Crippen molar-refractivity contribution in [3.8, 4) is 0 Å². The molecule has 7 nitrogen and oxygen atoms in total. The topological polar surface area (TPSA) is 87.2 Å². The van der Waals surface area contributed by atoms with Crippen LogP contribution >= 0.6 is 11.8 Å². The number of benzene rings is 1.